The number of nitrogens with zero attached hydrogens (tertiary/aromatic N) is 4. The number of hydrogen-bond donors (Lipinski definition) is 1. The van der Waals surface area contributed by atoms with Crippen molar-refractivity contribution in [2.75, 3.05) is 40.3 Å². The van der Waals surface area contributed by atoms with Crippen molar-refractivity contribution in [3.8, 4) is 17.2 Å². The molecule has 1 saturated heterocycles. The topological polar surface area (TPSA) is 115 Å². The van der Waals surface area contributed by atoms with Crippen molar-refractivity contribution < 1.29 is 23.1 Å². The summed E-state index contributed by atoms with van der Waals surface area (Å²) in [5.41, 5.74) is 5.49. The highest BCUT2D eigenvalue weighted by Crippen LogP contribution is 2.33. The maximum absolute atomic E-state index is 13.6. The zero-order chi connectivity index (χ0) is 24.5. The fraction of sp³-hybridized carbons (Fsp3) is 0.391. The Balaban J connectivity index is 0.000000914. The first-order valence-electron chi connectivity index (χ1n) is 10.8. The average Bonchev–Trinajstić information content (AvgIpc) is 3.35. The van der Waals surface area contributed by atoms with E-state index in [0.717, 1.165) is 0 Å². The van der Waals surface area contributed by atoms with Crippen LogP contribution in [0.3, 0.4) is 0 Å². The highest BCUT2D eigenvalue weighted by atomic mass is 19.1. The Morgan fingerprint density at radius 2 is 1.91 bits per heavy atom. The molecule has 0 radical (unpaired) electrons. The van der Waals surface area contributed by atoms with Crippen molar-refractivity contribution in [3.63, 3.8) is 0 Å². The minimum atomic E-state index is -0.632. The first-order chi connectivity index (χ1) is 16.0. The van der Waals surface area contributed by atoms with Gasteiger partial charge in [-0.2, -0.15) is 4.39 Å². The molecule has 10 heteroatoms. The lowest BCUT2D eigenvalue weighted by atomic mass is 10.1. The van der Waals surface area contributed by atoms with E-state index >= 15 is 0 Å². The van der Waals surface area contributed by atoms with Crippen LogP contribution in [0.1, 0.15) is 31.3 Å². The average molecular weight is 460 g/mol. The van der Waals surface area contributed by atoms with Gasteiger partial charge in [0.1, 0.15) is 24.1 Å². The van der Waals surface area contributed by atoms with E-state index in [4.69, 9.17) is 9.15 Å². The zero-order valence-corrected chi connectivity index (χ0v) is 19.6. The maximum Gasteiger partial charge on any atom is 0.276 e. The summed E-state index contributed by atoms with van der Waals surface area (Å²) in [7, 11) is 2.97. The summed E-state index contributed by atoms with van der Waals surface area (Å²) in [6.45, 7) is 7.47. The van der Waals surface area contributed by atoms with E-state index in [0.29, 0.717) is 41.9 Å². The summed E-state index contributed by atoms with van der Waals surface area (Å²) in [4.78, 5) is 36.2. The summed E-state index contributed by atoms with van der Waals surface area (Å²) >= 11 is 0. The van der Waals surface area contributed by atoms with Gasteiger partial charge in [-0.1, -0.05) is 13.8 Å². The van der Waals surface area contributed by atoms with Gasteiger partial charge >= 0.3 is 0 Å². The lowest BCUT2D eigenvalue weighted by Crippen LogP contribution is -2.52. The summed E-state index contributed by atoms with van der Waals surface area (Å²) < 4.78 is 24.4. The second-order valence-electron chi connectivity index (χ2n) is 6.58. The van der Waals surface area contributed by atoms with Crippen LogP contribution < -0.4 is 10.5 Å². The lowest BCUT2D eigenvalue weighted by Gasteiger charge is -2.33. The van der Waals surface area contributed by atoms with E-state index in [2.05, 4.69) is 15.7 Å². The van der Waals surface area contributed by atoms with Crippen LogP contribution in [0, 0.1) is 5.95 Å². The molecule has 3 aromatic rings. The first-order valence-corrected chi connectivity index (χ1v) is 10.8. The van der Waals surface area contributed by atoms with Gasteiger partial charge in [-0.05, 0) is 38.2 Å². The van der Waals surface area contributed by atoms with Crippen molar-refractivity contribution >= 4 is 22.7 Å². The van der Waals surface area contributed by atoms with Gasteiger partial charge in [-0.3, -0.25) is 9.59 Å². The Labute approximate surface area is 192 Å². The molecule has 33 heavy (non-hydrogen) atoms. The molecular weight excluding hydrogens is 429 g/mol. The number of oxazole rings is 1. The van der Waals surface area contributed by atoms with E-state index in [9.17, 15) is 14.0 Å². The molecule has 2 N–H and O–H groups in total. The highest BCUT2D eigenvalue weighted by molar-refractivity contribution is 5.98. The number of hydrogen-bond acceptors (Lipinski definition) is 7. The number of carbonyl (C=O) groups is 2. The van der Waals surface area contributed by atoms with E-state index in [-0.39, 0.29) is 29.9 Å². The van der Waals surface area contributed by atoms with Gasteiger partial charge in [-0.25, -0.2) is 9.97 Å². The number of halogens is 1. The number of amides is 2. The Morgan fingerprint density at radius 3 is 2.55 bits per heavy atom. The molecule has 1 aliphatic heterocycles. The van der Waals surface area contributed by atoms with Crippen LogP contribution in [0.2, 0.25) is 0 Å². The maximum atomic E-state index is 13.6. The van der Waals surface area contributed by atoms with E-state index in [1.807, 2.05) is 20.8 Å². The predicted octanol–water partition coefficient (Wildman–Crippen LogP) is 2.94. The molecular formula is C23H30FN5O4. The van der Waals surface area contributed by atoms with Crippen molar-refractivity contribution in [3.05, 3.63) is 42.2 Å². The Morgan fingerprint density at radius 1 is 1.18 bits per heavy atom. The number of pyridine rings is 1. The fourth-order valence-corrected chi connectivity index (χ4v) is 3.39. The van der Waals surface area contributed by atoms with Gasteiger partial charge in [0.2, 0.25) is 17.7 Å². The summed E-state index contributed by atoms with van der Waals surface area (Å²) in [6.07, 6.45) is 1.27. The third-order valence-electron chi connectivity index (χ3n) is 4.95. The molecule has 0 bridgehead atoms. The van der Waals surface area contributed by atoms with Crippen LogP contribution in [0.25, 0.3) is 22.4 Å². The Kier molecular flexibility index (Phi) is 9.29. The van der Waals surface area contributed by atoms with Crippen LogP contribution in [0.5, 0.6) is 5.75 Å². The number of carbonyl (C=O) groups excluding carboxylic acids is 2. The number of likely N-dealkylation sites (N-methyl/N-ethyl adjacent to an activating group) is 1. The number of fused-ring (bicyclic) bond motifs is 1. The molecule has 0 aliphatic carbocycles. The van der Waals surface area contributed by atoms with Crippen molar-refractivity contribution in [1.82, 2.24) is 19.8 Å². The smallest absolute Gasteiger partial charge is 0.276 e. The normalized spacial score (nSPS) is 13.1. The van der Waals surface area contributed by atoms with Crippen molar-refractivity contribution in [2.45, 2.75) is 20.8 Å². The largest absolute Gasteiger partial charge is 0.494 e. The number of rotatable bonds is 4. The van der Waals surface area contributed by atoms with Crippen LogP contribution in [-0.4, -0.2) is 71.9 Å². The zero-order valence-electron chi connectivity index (χ0n) is 19.6. The van der Waals surface area contributed by atoms with Crippen LogP contribution in [0.4, 0.5) is 4.39 Å². The molecule has 2 aromatic heterocycles. The third kappa shape index (κ3) is 5.46. The molecule has 4 rings (SSSR count). The van der Waals surface area contributed by atoms with Crippen LogP contribution >= 0.6 is 0 Å². The Hall–Kier alpha value is -3.53. The lowest BCUT2D eigenvalue weighted by molar-refractivity contribution is -0.134. The number of aromatic nitrogens is 2. The quantitative estimate of drug-likeness (QED) is 0.597. The van der Waals surface area contributed by atoms with Gasteiger partial charge < -0.3 is 24.7 Å². The molecule has 178 valence electrons. The molecule has 0 spiro atoms. The third-order valence-corrected chi connectivity index (χ3v) is 4.95. The number of nitrogens with two attached hydrogens (primary N) is 1. The van der Waals surface area contributed by atoms with Gasteiger partial charge in [0.25, 0.3) is 5.91 Å². The van der Waals surface area contributed by atoms with Gasteiger partial charge in [0.15, 0.2) is 5.69 Å². The molecule has 1 fully saturated rings. The highest BCUT2D eigenvalue weighted by Gasteiger charge is 2.28. The first kappa shape index (κ1) is 25.7. The molecule has 3 heterocycles. The van der Waals surface area contributed by atoms with E-state index < -0.39 is 5.95 Å². The van der Waals surface area contributed by atoms with E-state index in [1.165, 1.54) is 31.4 Å². The summed E-state index contributed by atoms with van der Waals surface area (Å²) in [5.74, 6) is -0.477. The molecule has 0 saturated carbocycles. The van der Waals surface area contributed by atoms with E-state index in [1.54, 1.807) is 23.1 Å². The second-order valence-corrected chi connectivity index (χ2v) is 6.58. The minimum absolute atomic E-state index is 0.0174. The van der Waals surface area contributed by atoms with Crippen molar-refractivity contribution in [1.29, 1.82) is 0 Å². The van der Waals surface area contributed by atoms with Gasteiger partial charge in [0.05, 0.1) is 7.11 Å². The second kappa shape index (κ2) is 11.9. The molecule has 9 nitrogen and oxygen atoms in total. The predicted molar refractivity (Wildman–Crippen MR) is 123 cm³/mol. The SMILES string of the molecule is CC.CCN1CCN(C(=O)c2coc(-c3ccc(OC)c4nc(F)ccc34)n2)CC1=O.CN. The van der Waals surface area contributed by atoms with Crippen LogP contribution in [-0.2, 0) is 4.79 Å². The van der Waals surface area contributed by atoms with Crippen molar-refractivity contribution in [2.24, 2.45) is 5.73 Å². The molecule has 1 aliphatic rings. The number of methoxy groups -OCH3 is 1. The number of piperazine rings is 1. The van der Waals surface area contributed by atoms with Gasteiger partial charge in [-0.15, -0.1) is 0 Å². The summed E-state index contributed by atoms with van der Waals surface area (Å²) in [5, 5.41) is 0.582. The van der Waals surface area contributed by atoms with Crippen LogP contribution in [0.15, 0.2) is 34.9 Å². The standard InChI is InChI=1S/C20H19FN4O4.C2H6.CH5N/c1-3-24-8-9-25(10-17(24)26)20(27)14-11-29-19(22-14)13-4-6-15(28-2)18-12(13)5-7-16(21)23-18;2*1-2/h4-7,11H,3,8-10H2,1-2H3;1-2H3;2H2,1H3. The molecule has 0 unspecified atom stereocenters. The molecule has 2 amide bonds. The number of benzene rings is 1. The van der Waals surface area contributed by atoms with Gasteiger partial charge in [0, 0.05) is 30.6 Å². The Bertz CT molecular complexity index is 1100. The monoisotopic (exact) mass is 459 g/mol. The fourth-order valence-electron chi connectivity index (χ4n) is 3.39. The molecule has 0 atom stereocenters. The summed E-state index contributed by atoms with van der Waals surface area (Å²) in [6, 6.07) is 6.14. The molecule has 1 aromatic carbocycles. The number of ether oxygens (including phenoxy) is 1. The minimum Gasteiger partial charge on any atom is -0.494 e.